The summed E-state index contributed by atoms with van der Waals surface area (Å²) in [5.74, 6) is -0.240. The van der Waals surface area contributed by atoms with E-state index in [0.29, 0.717) is 13.2 Å². The highest BCUT2D eigenvalue weighted by Crippen LogP contribution is 2.33. The highest BCUT2D eigenvalue weighted by molar-refractivity contribution is 5.16. The molecular weight excluding hydrogens is 299 g/mol. The maximum Gasteiger partial charge on any atom is 0.176 e. The van der Waals surface area contributed by atoms with E-state index in [4.69, 9.17) is 9.47 Å². The van der Waals surface area contributed by atoms with Gasteiger partial charge in [-0.2, -0.15) is 0 Å². The molecule has 0 amide bonds. The quantitative estimate of drug-likeness (QED) is 0.861. The maximum absolute atomic E-state index is 13.0. The fourth-order valence-corrected chi connectivity index (χ4v) is 3.92. The molecular formula is C17H23FN2O3. The molecule has 3 fully saturated rings. The van der Waals surface area contributed by atoms with Crippen LogP contribution in [0.15, 0.2) is 24.3 Å². The van der Waals surface area contributed by atoms with Crippen LogP contribution in [0.1, 0.15) is 18.4 Å². The Labute approximate surface area is 135 Å². The van der Waals surface area contributed by atoms with Crippen molar-refractivity contribution in [3.05, 3.63) is 35.6 Å². The number of halogens is 1. The average molecular weight is 322 g/mol. The van der Waals surface area contributed by atoms with Gasteiger partial charge in [0.05, 0.1) is 24.8 Å². The van der Waals surface area contributed by atoms with Gasteiger partial charge < -0.3 is 19.9 Å². The summed E-state index contributed by atoms with van der Waals surface area (Å²) < 4.78 is 24.7. The number of rotatable bonds is 4. The van der Waals surface area contributed by atoms with Gasteiger partial charge >= 0.3 is 0 Å². The summed E-state index contributed by atoms with van der Waals surface area (Å²) in [6.45, 7) is 3.05. The minimum atomic E-state index is -0.528. The molecule has 0 spiro atoms. The first-order valence-electron chi connectivity index (χ1n) is 8.39. The van der Waals surface area contributed by atoms with E-state index in [0.717, 1.165) is 31.5 Å². The zero-order valence-corrected chi connectivity index (χ0v) is 13.0. The molecule has 1 aromatic carbocycles. The number of fused-ring (bicyclic) bond motifs is 2. The van der Waals surface area contributed by atoms with Crippen LogP contribution in [0.3, 0.4) is 0 Å². The number of nitrogens with one attached hydrogen (secondary N) is 1. The molecule has 126 valence electrons. The molecule has 3 aliphatic heterocycles. The number of ether oxygens (including phenoxy) is 2. The fourth-order valence-electron chi connectivity index (χ4n) is 3.92. The Hall–Kier alpha value is -1.05. The van der Waals surface area contributed by atoms with Crippen molar-refractivity contribution in [2.45, 2.75) is 50.0 Å². The summed E-state index contributed by atoms with van der Waals surface area (Å²) in [6.07, 6.45) is 1.34. The Kier molecular flexibility index (Phi) is 4.34. The summed E-state index contributed by atoms with van der Waals surface area (Å²) >= 11 is 0. The molecule has 23 heavy (non-hydrogen) atoms. The number of aliphatic hydroxyl groups is 1. The van der Waals surface area contributed by atoms with E-state index < -0.39 is 6.10 Å². The van der Waals surface area contributed by atoms with Gasteiger partial charge in [0.1, 0.15) is 11.9 Å². The minimum Gasteiger partial charge on any atom is -0.390 e. The molecule has 0 aromatic heterocycles. The molecule has 5 nitrogen and oxygen atoms in total. The summed E-state index contributed by atoms with van der Waals surface area (Å²) in [5, 5.41) is 14.3. The Morgan fingerprint density at radius 1 is 1.22 bits per heavy atom. The van der Waals surface area contributed by atoms with E-state index in [2.05, 4.69) is 10.2 Å². The predicted octanol–water partition coefficient (Wildman–Crippen LogP) is 0.864. The number of likely N-dealkylation sites (tertiary alicyclic amines) is 1. The SMILES string of the molecule is O[C@H]1[C@@H](NCc2ccc(F)cc2)[C@@H]2CO[C@H](O2)[C@@H]1N1CCCC1. The molecule has 4 rings (SSSR count). The van der Waals surface area contributed by atoms with Crippen molar-refractivity contribution < 1.29 is 19.0 Å². The molecule has 0 saturated carbocycles. The van der Waals surface area contributed by atoms with Gasteiger partial charge in [0.15, 0.2) is 6.29 Å². The lowest BCUT2D eigenvalue weighted by Gasteiger charge is -2.42. The van der Waals surface area contributed by atoms with Crippen LogP contribution < -0.4 is 5.32 Å². The van der Waals surface area contributed by atoms with Crippen LogP contribution in [0, 0.1) is 5.82 Å². The number of aliphatic hydroxyl groups excluding tert-OH is 1. The van der Waals surface area contributed by atoms with Gasteiger partial charge in [-0.15, -0.1) is 0 Å². The molecule has 0 unspecified atom stereocenters. The van der Waals surface area contributed by atoms with Gasteiger partial charge in [0.2, 0.25) is 0 Å². The van der Waals surface area contributed by atoms with E-state index in [1.165, 1.54) is 12.1 Å². The highest BCUT2D eigenvalue weighted by Gasteiger charge is 2.52. The lowest BCUT2D eigenvalue weighted by Crippen LogP contribution is -2.63. The van der Waals surface area contributed by atoms with E-state index >= 15 is 0 Å². The lowest BCUT2D eigenvalue weighted by atomic mass is 9.95. The molecule has 3 saturated heterocycles. The van der Waals surface area contributed by atoms with Crippen molar-refractivity contribution in [2.75, 3.05) is 19.7 Å². The highest BCUT2D eigenvalue weighted by atomic mass is 19.1. The molecule has 0 radical (unpaired) electrons. The van der Waals surface area contributed by atoms with Crippen LogP contribution >= 0.6 is 0 Å². The molecule has 3 aliphatic rings. The third kappa shape index (κ3) is 3.02. The normalized spacial score (nSPS) is 37.4. The maximum atomic E-state index is 13.0. The minimum absolute atomic E-state index is 0.109. The van der Waals surface area contributed by atoms with Crippen LogP contribution in [0.5, 0.6) is 0 Å². The van der Waals surface area contributed by atoms with Gasteiger partial charge in [-0.1, -0.05) is 12.1 Å². The number of hydrogen-bond acceptors (Lipinski definition) is 5. The van der Waals surface area contributed by atoms with E-state index in [1.807, 2.05) is 0 Å². The standard InChI is InChI=1S/C17H23FN2O3/c18-12-5-3-11(4-6-12)9-19-14-13-10-22-17(23-13)15(16(14)21)20-7-1-2-8-20/h3-6,13-17,19,21H,1-2,7-10H2/t13-,14-,15+,16-,17+/m0/s1. The molecule has 2 bridgehead atoms. The lowest BCUT2D eigenvalue weighted by molar-refractivity contribution is -0.179. The van der Waals surface area contributed by atoms with Crippen LogP contribution in [-0.4, -0.2) is 60.3 Å². The van der Waals surface area contributed by atoms with Crippen molar-refractivity contribution in [3.8, 4) is 0 Å². The van der Waals surface area contributed by atoms with Gasteiger partial charge in [0.25, 0.3) is 0 Å². The van der Waals surface area contributed by atoms with E-state index in [9.17, 15) is 9.50 Å². The van der Waals surface area contributed by atoms with Crippen molar-refractivity contribution >= 4 is 0 Å². The first kappa shape index (κ1) is 15.5. The third-order valence-corrected chi connectivity index (χ3v) is 5.15. The van der Waals surface area contributed by atoms with Crippen molar-refractivity contribution in [1.29, 1.82) is 0 Å². The van der Waals surface area contributed by atoms with Crippen LogP contribution in [-0.2, 0) is 16.0 Å². The number of hydrogen-bond donors (Lipinski definition) is 2. The Morgan fingerprint density at radius 2 is 1.96 bits per heavy atom. The first-order valence-corrected chi connectivity index (χ1v) is 8.39. The molecule has 2 N–H and O–H groups in total. The molecule has 5 atom stereocenters. The fraction of sp³-hybridized carbons (Fsp3) is 0.647. The van der Waals surface area contributed by atoms with Gasteiger partial charge in [-0.3, -0.25) is 4.90 Å². The Balaban J connectivity index is 1.45. The van der Waals surface area contributed by atoms with Crippen LogP contribution in [0.25, 0.3) is 0 Å². The van der Waals surface area contributed by atoms with Gasteiger partial charge in [-0.25, -0.2) is 4.39 Å². The summed E-state index contributed by atoms with van der Waals surface area (Å²) in [4.78, 5) is 2.28. The van der Waals surface area contributed by atoms with E-state index in [-0.39, 0.29) is 30.3 Å². The second-order valence-corrected chi connectivity index (χ2v) is 6.63. The first-order chi connectivity index (χ1) is 11.2. The summed E-state index contributed by atoms with van der Waals surface area (Å²) in [6, 6.07) is 6.12. The Morgan fingerprint density at radius 3 is 2.70 bits per heavy atom. The predicted molar refractivity (Wildman–Crippen MR) is 82.2 cm³/mol. The van der Waals surface area contributed by atoms with Gasteiger partial charge in [0, 0.05) is 6.54 Å². The number of nitrogens with zero attached hydrogens (tertiary/aromatic N) is 1. The monoisotopic (exact) mass is 322 g/mol. The van der Waals surface area contributed by atoms with Crippen LogP contribution in [0.4, 0.5) is 4.39 Å². The average Bonchev–Trinajstić information content (AvgIpc) is 3.21. The van der Waals surface area contributed by atoms with Gasteiger partial charge in [-0.05, 0) is 43.6 Å². The molecule has 3 heterocycles. The zero-order chi connectivity index (χ0) is 15.8. The molecule has 0 aliphatic carbocycles. The summed E-state index contributed by atoms with van der Waals surface area (Å²) in [7, 11) is 0. The Bertz CT molecular complexity index is 533. The van der Waals surface area contributed by atoms with Crippen molar-refractivity contribution in [2.24, 2.45) is 0 Å². The van der Waals surface area contributed by atoms with Crippen LogP contribution in [0.2, 0.25) is 0 Å². The smallest absolute Gasteiger partial charge is 0.176 e. The van der Waals surface area contributed by atoms with E-state index in [1.54, 1.807) is 12.1 Å². The third-order valence-electron chi connectivity index (χ3n) is 5.15. The summed E-state index contributed by atoms with van der Waals surface area (Å²) in [5.41, 5.74) is 0.984. The van der Waals surface area contributed by atoms with Crippen molar-refractivity contribution in [1.82, 2.24) is 10.2 Å². The van der Waals surface area contributed by atoms with Crippen molar-refractivity contribution in [3.63, 3.8) is 0 Å². The zero-order valence-electron chi connectivity index (χ0n) is 13.0. The molecule has 6 heteroatoms. The largest absolute Gasteiger partial charge is 0.390 e. The number of benzene rings is 1. The topological polar surface area (TPSA) is 54.0 Å². The second-order valence-electron chi connectivity index (χ2n) is 6.63. The second kappa shape index (κ2) is 6.45. The molecule has 1 aromatic rings.